The van der Waals surface area contributed by atoms with Crippen molar-refractivity contribution in [3.63, 3.8) is 0 Å². The third kappa shape index (κ3) is 4.49. The minimum absolute atomic E-state index is 0.159. The van der Waals surface area contributed by atoms with Gasteiger partial charge in [0.2, 0.25) is 5.89 Å². The van der Waals surface area contributed by atoms with Crippen LogP contribution in [0.2, 0.25) is 0 Å². The zero-order valence-corrected chi connectivity index (χ0v) is 12.9. The van der Waals surface area contributed by atoms with Crippen molar-refractivity contribution in [1.29, 1.82) is 0 Å². The molecule has 108 valence electrons. The van der Waals surface area contributed by atoms with Crippen LogP contribution >= 0.6 is 11.8 Å². The number of rotatable bonds is 5. The molecule has 0 aromatic carbocycles. The molecule has 1 aliphatic carbocycles. The molecule has 1 unspecified atom stereocenters. The average Bonchev–Trinajstić information content (AvgIpc) is 2.95. The van der Waals surface area contributed by atoms with Gasteiger partial charge in [0.05, 0.1) is 18.3 Å². The molecule has 0 spiro atoms. The van der Waals surface area contributed by atoms with E-state index in [1.807, 2.05) is 32.5 Å². The van der Waals surface area contributed by atoms with Crippen LogP contribution in [-0.2, 0) is 12.2 Å². The first-order valence-electron chi connectivity index (χ1n) is 7.06. The van der Waals surface area contributed by atoms with Crippen LogP contribution < -0.4 is 0 Å². The summed E-state index contributed by atoms with van der Waals surface area (Å²) in [5.74, 6) is 2.12. The van der Waals surface area contributed by atoms with Gasteiger partial charge in [0, 0.05) is 5.25 Å². The van der Waals surface area contributed by atoms with Crippen LogP contribution in [0.3, 0.4) is 0 Å². The van der Waals surface area contributed by atoms with Gasteiger partial charge < -0.3 is 9.63 Å². The van der Waals surface area contributed by atoms with Crippen LogP contribution in [0.4, 0.5) is 0 Å². The molecule has 1 saturated carbocycles. The summed E-state index contributed by atoms with van der Waals surface area (Å²) in [5, 5.41) is 14.8. The first-order valence-corrected chi connectivity index (χ1v) is 8.11. The van der Waals surface area contributed by atoms with Gasteiger partial charge >= 0.3 is 0 Å². The molecule has 2 rings (SSSR count). The summed E-state index contributed by atoms with van der Waals surface area (Å²) in [6, 6.07) is 0. The Balaban J connectivity index is 1.81. The molecule has 0 saturated heterocycles. The fourth-order valence-electron chi connectivity index (χ4n) is 2.15. The molecule has 1 fully saturated rings. The van der Waals surface area contributed by atoms with Gasteiger partial charge in [-0.25, -0.2) is 0 Å². The third-order valence-electron chi connectivity index (χ3n) is 3.63. The van der Waals surface area contributed by atoms with Gasteiger partial charge in [-0.05, 0) is 18.3 Å². The molecule has 0 radical (unpaired) electrons. The first-order chi connectivity index (χ1) is 8.95. The lowest BCUT2D eigenvalue weighted by molar-refractivity contribution is 0.0565. The van der Waals surface area contributed by atoms with Crippen LogP contribution in [0.1, 0.15) is 58.2 Å². The fourth-order valence-corrected chi connectivity index (χ4v) is 3.32. The van der Waals surface area contributed by atoms with E-state index in [-0.39, 0.29) is 5.41 Å². The van der Waals surface area contributed by atoms with Crippen molar-refractivity contribution in [2.24, 2.45) is 5.41 Å². The van der Waals surface area contributed by atoms with Crippen LogP contribution in [0.5, 0.6) is 0 Å². The summed E-state index contributed by atoms with van der Waals surface area (Å²) >= 11 is 1.93. The van der Waals surface area contributed by atoms with Crippen LogP contribution in [0, 0.1) is 5.41 Å². The molecular weight excluding hydrogens is 260 g/mol. The van der Waals surface area contributed by atoms with Gasteiger partial charge in [0.15, 0.2) is 5.82 Å². The van der Waals surface area contributed by atoms with E-state index >= 15 is 0 Å². The van der Waals surface area contributed by atoms with Gasteiger partial charge in [-0.1, -0.05) is 38.8 Å². The van der Waals surface area contributed by atoms with Crippen LogP contribution in [0.25, 0.3) is 0 Å². The molecule has 1 N–H and O–H groups in total. The maximum absolute atomic E-state index is 10.0. The van der Waals surface area contributed by atoms with E-state index in [0.29, 0.717) is 12.3 Å². The second-order valence-corrected chi connectivity index (χ2v) is 7.70. The largest absolute Gasteiger partial charge is 0.392 e. The molecule has 19 heavy (non-hydrogen) atoms. The van der Waals surface area contributed by atoms with Gasteiger partial charge in [-0.15, -0.1) is 0 Å². The van der Waals surface area contributed by atoms with Crippen LogP contribution in [0.15, 0.2) is 4.52 Å². The Hall–Kier alpha value is -0.550. The summed E-state index contributed by atoms with van der Waals surface area (Å²) in [4.78, 5) is 4.37. The van der Waals surface area contributed by atoms with E-state index in [0.717, 1.165) is 16.8 Å². The maximum atomic E-state index is 10.0. The SMILES string of the molecule is CC(C)(C)C(O)Cc1nc(CSC2CCCC2)no1. The highest BCUT2D eigenvalue weighted by Gasteiger charge is 2.25. The number of aliphatic hydroxyl groups is 1. The summed E-state index contributed by atoms with van der Waals surface area (Å²) in [5.41, 5.74) is -0.159. The monoisotopic (exact) mass is 284 g/mol. The highest BCUT2D eigenvalue weighted by Crippen LogP contribution is 2.31. The minimum atomic E-state index is -0.455. The van der Waals surface area contributed by atoms with E-state index in [1.54, 1.807) is 0 Å². The molecule has 0 amide bonds. The van der Waals surface area contributed by atoms with Gasteiger partial charge in [-0.3, -0.25) is 0 Å². The molecule has 1 aromatic rings. The smallest absolute Gasteiger partial charge is 0.229 e. The number of hydrogen-bond acceptors (Lipinski definition) is 5. The van der Waals surface area contributed by atoms with E-state index in [1.165, 1.54) is 25.7 Å². The Labute approximate surface area is 119 Å². The lowest BCUT2D eigenvalue weighted by Gasteiger charge is -2.24. The topological polar surface area (TPSA) is 59.2 Å². The minimum Gasteiger partial charge on any atom is -0.392 e. The van der Waals surface area contributed by atoms with E-state index in [9.17, 15) is 5.11 Å². The van der Waals surface area contributed by atoms with Gasteiger partial charge in [0.1, 0.15) is 0 Å². The Morgan fingerprint density at radius 1 is 1.37 bits per heavy atom. The molecule has 0 bridgehead atoms. The molecular formula is C14H24N2O2S. The highest BCUT2D eigenvalue weighted by molar-refractivity contribution is 7.99. The van der Waals surface area contributed by atoms with Gasteiger partial charge in [0.25, 0.3) is 0 Å². The zero-order chi connectivity index (χ0) is 13.9. The van der Waals surface area contributed by atoms with E-state index in [2.05, 4.69) is 10.1 Å². The quantitative estimate of drug-likeness (QED) is 0.899. The standard InChI is InChI=1S/C14H24N2O2S/c1-14(2,3)11(17)8-13-15-12(16-18-13)9-19-10-6-4-5-7-10/h10-11,17H,4-9H2,1-3H3. The Morgan fingerprint density at radius 3 is 2.68 bits per heavy atom. The van der Waals surface area contributed by atoms with Crippen molar-refractivity contribution in [3.05, 3.63) is 11.7 Å². The van der Waals surface area contributed by atoms with Crippen molar-refractivity contribution in [1.82, 2.24) is 10.1 Å². The number of nitrogens with zero attached hydrogens (tertiary/aromatic N) is 2. The second kappa shape index (κ2) is 6.27. The molecule has 5 heteroatoms. The first kappa shape index (κ1) is 14.9. The lowest BCUT2D eigenvalue weighted by Crippen LogP contribution is -2.28. The van der Waals surface area contributed by atoms with Crippen molar-refractivity contribution < 1.29 is 9.63 Å². The van der Waals surface area contributed by atoms with E-state index in [4.69, 9.17) is 4.52 Å². The summed E-state index contributed by atoms with van der Waals surface area (Å²) in [7, 11) is 0. The van der Waals surface area contributed by atoms with E-state index < -0.39 is 6.10 Å². The van der Waals surface area contributed by atoms with Crippen molar-refractivity contribution in [2.75, 3.05) is 0 Å². The summed E-state index contributed by atoms with van der Waals surface area (Å²) in [6.07, 6.45) is 5.32. The highest BCUT2D eigenvalue weighted by atomic mass is 32.2. The molecule has 0 aliphatic heterocycles. The molecule has 1 atom stereocenters. The molecule has 1 aromatic heterocycles. The normalized spacial score (nSPS) is 18.9. The number of hydrogen-bond donors (Lipinski definition) is 1. The van der Waals surface area contributed by atoms with Crippen molar-refractivity contribution in [2.45, 2.75) is 70.0 Å². The Bertz CT molecular complexity index is 394. The average molecular weight is 284 g/mol. The van der Waals surface area contributed by atoms with Crippen molar-refractivity contribution in [3.8, 4) is 0 Å². The lowest BCUT2D eigenvalue weighted by atomic mass is 9.87. The number of aromatic nitrogens is 2. The number of aliphatic hydroxyl groups excluding tert-OH is 1. The zero-order valence-electron chi connectivity index (χ0n) is 12.1. The molecule has 1 heterocycles. The Kier molecular flexibility index (Phi) is 4.90. The third-order valence-corrected chi connectivity index (χ3v) is 5.00. The van der Waals surface area contributed by atoms with Crippen LogP contribution in [-0.4, -0.2) is 26.6 Å². The molecule has 4 nitrogen and oxygen atoms in total. The molecule has 1 aliphatic rings. The maximum Gasteiger partial charge on any atom is 0.229 e. The summed E-state index contributed by atoms with van der Waals surface area (Å²) in [6.45, 7) is 6.01. The Morgan fingerprint density at radius 2 is 2.05 bits per heavy atom. The predicted molar refractivity (Wildman–Crippen MR) is 77.0 cm³/mol. The fraction of sp³-hybridized carbons (Fsp3) is 0.857. The summed E-state index contributed by atoms with van der Waals surface area (Å²) < 4.78 is 5.21. The number of thioether (sulfide) groups is 1. The second-order valence-electron chi connectivity index (χ2n) is 6.41. The van der Waals surface area contributed by atoms with Crippen molar-refractivity contribution >= 4 is 11.8 Å². The predicted octanol–water partition coefficient (Wildman–Crippen LogP) is 3.19. The van der Waals surface area contributed by atoms with Gasteiger partial charge in [-0.2, -0.15) is 16.7 Å².